The number of aryl methyl sites for hydroxylation is 1. The smallest absolute Gasteiger partial charge is 0.332 e. The Morgan fingerprint density at radius 3 is 2.83 bits per heavy atom. The van der Waals surface area contributed by atoms with E-state index in [0.29, 0.717) is 29.6 Å². The molecule has 0 saturated carbocycles. The van der Waals surface area contributed by atoms with Gasteiger partial charge in [-0.2, -0.15) is 10.2 Å². The highest BCUT2D eigenvalue weighted by atomic mass is 16.7. The lowest BCUT2D eigenvalue weighted by atomic mass is 10.1. The van der Waals surface area contributed by atoms with Crippen LogP contribution in [0.5, 0.6) is 11.5 Å². The van der Waals surface area contributed by atoms with E-state index in [-0.39, 0.29) is 42.7 Å². The SMILES string of the molecule is CC#CCn1c(N2CCCC(N)C2)nc2c1c(=O)n(Cc1ccc3c(c1C#N)OCO3)c(=O)n2C. The summed E-state index contributed by atoms with van der Waals surface area (Å²) in [5.74, 6) is 7.24. The van der Waals surface area contributed by atoms with Gasteiger partial charge in [0, 0.05) is 26.2 Å². The molecule has 1 aromatic carbocycles. The van der Waals surface area contributed by atoms with Crippen molar-refractivity contribution in [2.24, 2.45) is 12.8 Å². The highest BCUT2D eigenvalue weighted by Gasteiger charge is 2.27. The van der Waals surface area contributed by atoms with Crippen LogP contribution in [0, 0.1) is 23.2 Å². The number of anilines is 1. The number of ether oxygens (including phenoxy) is 2. The number of rotatable bonds is 4. The molecule has 11 nitrogen and oxygen atoms in total. The molecule has 2 aromatic heterocycles. The number of hydrogen-bond donors (Lipinski definition) is 1. The predicted octanol–water partition coefficient (Wildman–Crippen LogP) is 0.496. The van der Waals surface area contributed by atoms with Crippen LogP contribution >= 0.6 is 0 Å². The molecule has 2 N–H and O–H groups in total. The van der Waals surface area contributed by atoms with Gasteiger partial charge >= 0.3 is 5.69 Å². The Hall–Kier alpha value is -4.22. The molecule has 11 heteroatoms. The summed E-state index contributed by atoms with van der Waals surface area (Å²) in [7, 11) is 1.58. The maximum absolute atomic E-state index is 13.7. The van der Waals surface area contributed by atoms with Gasteiger partial charge in [0.25, 0.3) is 5.56 Å². The number of benzene rings is 1. The van der Waals surface area contributed by atoms with Gasteiger partial charge in [-0.05, 0) is 31.4 Å². The maximum Gasteiger partial charge on any atom is 0.332 e. The average Bonchev–Trinajstić information content (AvgIpc) is 3.49. The minimum Gasteiger partial charge on any atom is -0.454 e. The molecule has 1 atom stereocenters. The summed E-state index contributed by atoms with van der Waals surface area (Å²) in [6.07, 6.45) is 1.83. The quantitative estimate of drug-likeness (QED) is 0.539. The number of imidazole rings is 1. The lowest BCUT2D eigenvalue weighted by Crippen LogP contribution is -2.44. The summed E-state index contributed by atoms with van der Waals surface area (Å²) in [5, 5.41) is 9.73. The maximum atomic E-state index is 13.7. The van der Waals surface area contributed by atoms with Gasteiger partial charge < -0.3 is 20.1 Å². The Morgan fingerprint density at radius 1 is 1.26 bits per heavy atom. The van der Waals surface area contributed by atoms with Gasteiger partial charge in [-0.1, -0.05) is 12.0 Å². The lowest BCUT2D eigenvalue weighted by Gasteiger charge is -2.31. The van der Waals surface area contributed by atoms with Crippen LogP contribution in [0.4, 0.5) is 5.95 Å². The van der Waals surface area contributed by atoms with E-state index in [1.54, 1.807) is 30.7 Å². The molecule has 1 fully saturated rings. The zero-order valence-corrected chi connectivity index (χ0v) is 19.6. The van der Waals surface area contributed by atoms with Crippen molar-refractivity contribution in [3.05, 3.63) is 44.1 Å². The van der Waals surface area contributed by atoms with Crippen LogP contribution in [-0.2, 0) is 20.1 Å². The van der Waals surface area contributed by atoms with Gasteiger partial charge in [-0.25, -0.2) is 4.79 Å². The number of nitrogens with zero attached hydrogens (tertiary/aromatic N) is 6. The fourth-order valence-electron chi connectivity index (χ4n) is 4.68. The van der Waals surface area contributed by atoms with E-state index >= 15 is 0 Å². The summed E-state index contributed by atoms with van der Waals surface area (Å²) in [5.41, 5.74) is 6.45. The van der Waals surface area contributed by atoms with E-state index in [0.717, 1.165) is 24.0 Å². The van der Waals surface area contributed by atoms with Crippen molar-refractivity contribution in [3.8, 4) is 29.4 Å². The fourth-order valence-corrected chi connectivity index (χ4v) is 4.68. The average molecular weight is 476 g/mol. The molecule has 0 aliphatic carbocycles. The third kappa shape index (κ3) is 3.70. The number of nitriles is 1. The van der Waals surface area contributed by atoms with Crippen LogP contribution in [0.1, 0.15) is 30.9 Å². The molecule has 35 heavy (non-hydrogen) atoms. The summed E-state index contributed by atoms with van der Waals surface area (Å²) >= 11 is 0. The number of aromatic nitrogens is 4. The first-order valence-electron chi connectivity index (χ1n) is 11.4. The van der Waals surface area contributed by atoms with Gasteiger partial charge in [0.05, 0.1) is 13.1 Å². The molecule has 0 spiro atoms. The highest BCUT2D eigenvalue weighted by Crippen LogP contribution is 2.37. The topological polar surface area (TPSA) is 133 Å². The van der Waals surface area contributed by atoms with Crippen LogP contribution < -0.4 is 31.4 Å². The van der Waals surface area contributed by atoms with Gasteiger partial charge in [-0.3, -0.25) is 18.5 Å². The minimum atomic E-state index is -0.530. The third-order valence-corrected chi connectivity index (χ3v) is 6.43. The third-order valence-electron chi connectivity index (χ3n) is 6.43. The van der Waals surface area contributed by atoms with E-state index < -0.39 is 11.2 Å². The molecule has 0 amide bonds. The molecule has 180 valence electrons. The van der Waals surface area contributed by atoms with Crippen LogP contribution in [0.15, 0.2) is 21.7 Å². The summed E-state index contributed by atoms with van der Waals surface area (Å²) < 4.78 is 15.0. The largest absolute Gasteiger partial charge is 0.454 e. The van der Waals surface area contributed by atoms with Crippen molar-refractivity contribution in [2.75, 3.05) is 24.8 Å². The minimum absolute atomic E-state index is 0.00478. The van der Waals surface area contributed by atoms with E-state index in [4.69, 9.17) is 20.2 Å². The highest BCUT2D eigenvalue weighted by molar-refractivity contribution is 5.75. The Bertz CT molecular complexity index is 1550. The summed E-state index contributed by atoms with van der Waals surface area (Å²) in [6, 6.07) is 5.46. The molecule has 1 saturated heterocycles. The molecule has 2 aliphatic heterocycles. The molecule has 5 rings (SSSR count). The molecule has 2 aliphatic rings. The lowest BCUT2D eigenvalue weighted by molar-refractivity contribution is 0.173. The molecule has 1 unspecified atom stereocenters. The van der Waals surface area contributed by atoms with Gasteiger partial charge in [-0.15, -0.1) is 5.92 Å². The van der Waals surface area contributed by atoms with Crippen LogP contribution in [0.2, 0.25) is 0 Å². The molecular formula is C24H25N7O4. The van der Waals surface area contributed by atoms with Crippen LogP contribution in [-0.4, -0.2) is 44.6 Å². The van der Waals surface area contributed by atoms with E-state index in [1.165, 1.54) is 4.57 Å². The monoisotopic (exact) mass is 475 g/mol. The summed E-state index contributed by atoms with van der Waals surface area (Å²) in [4.78, 5) is 33.8. The van der Waals surface area contributed by atoms with Crippen LogP contribution in [0.25, 0.3) is 11.2 Å². The van der Waals surface area contributed by atoms with Crippen molar-refractivity contribution >= 4 is 17.1 Å². The molecule has 3 aromatic rings. The van der Waals surface area contributed by atoms with Crippen molar-refractivity contribution < 1.29 is 9.47 Å². The molecular weight excluding hydrogens is 450 g/mol. The Morgan fingerprint density at radius 2 is 2.09 bits per heavy atom. The van der Waals surface area contributed by atoms with E-state index in [1.807, 2.05) is 4.90 Å². The van der Waals surface area contributed by atoms with Gasteiger partial charge in [0.1, 0.15) is 11.6 Å². The Labute approximate surface area is 200 Å². The fraction of sp³-hybridized carbons (Fsp3) is 0.417. The predicted molar refractivity (Wildman–Crippen MR) is 128 cm³/mol. The second-order valence-electron chi connectivity index (χ2n) is 8.62. The first-order valence-corrected chi connectivity index (χ1v) is 11.4. The van der Waals surface area contributed by atoms with Crippen molar-refractivity contribution in [1.29, 1.82) is 5.26 Å². The van der Waals surface area contributed by atoms with Crippen molar-refractivity contribution in [3.63, 3.8) is 0 Å². The Balaban J connectivity index is 1.69. The van der Waals surface area contributed by atoms with E-state index in [2.05, 4.69) is 17.9 Å². The van der Waals surface area contributed by atoms with Gasteiger partial charge in [0.2, 0.25) is 12.7 Å². The summed E-state index contributed by atoms with van der Waals surface area (Å²) in [6.45, 7) is 3.24. The van der Waals surface area contributed by atoms with Crippen LogP contribution in [0.3, 0.4) is 0 Å². The zero-order chi connectivity index (χ0) is 24.7. The Kier molecular flexibility index (Phi) is 5.71. The van der Waals surface area contributed by atoms with Crippen molar-refractivity contribution in [1.82, 2.24) is 18.7 Å². The second-order valence-corrected chi connectivity index (χ2v) is 8.62. The first kappa shape index (κ1) is 22.6. The van der Waals surface area contributed by atoms with Crippen molar-refractivity contribution in [2.45, 2.75) is 38.9 Å². The zero-order valence-electron chi connectivity index (χ0n) is 19.6. The van der Waals surface area contributed by atoms with E-state index in [9.17, 15) is 14.9 Å². The normalized spacial score (nSPS) is 16.7. The number of hydrogen-bond acceptors (Lipinski definition) is 8. The first-order chi connectivity index (χ1) is 16.9. The number of piperidine rings is 1. The number of nitrogens with two attached hydrogens (primary N) is 1. The molecule has 0 bridgehead atoms. The molecule has 4 heterocycles. The standard InChI is InChI=1S/C24H25N7O4/c1-3-4-10-30-19-21(27-23(30)29-9-5-6-16(26)13-29)28(2)24(33)31(22(19)32)12-15-7-8-18-20(17(15)11-25)35-14-34-18/h7-8,16H,5-6,9-10,12-14,26H2,1-2H3. The number of fused-ring (bicyclic) bond motifs is 2. The molecule has 0 radical (unpaired) electrons. The second kappa shape index (κ2) is 8.85. The van der Waals surface area contributed by atoms with Gasteiger partial charge in [0.15, 0.2) is 22.7 Å².